The Morgan fingerprint density at radius 1 is 1.03 bits per heavy atom. The number of aromatic nitrogens is 4. The maximum atomic E-state index is 13.7. The van der Waals surface area contributed by atoms with Crippen LogP contribution in [0.1, 0.15) is 36.8 Å². The Balaban J connectivity index is 1.46. The highest BCUT2D eigenvalue weighted by molar-refractivity contribution is 5.84. The van der Waals surface area contributed by atoms with Crippen molar-refractivity contribution in [3.63, 3.8) is 0 Å². The van der Waals surface area contributed by atoms with Gasteiger partial charge in [-0.2, -0.15) is 9.97 Å². The van der Waals surface area contributed by atoms with E-state index in [1.165, 1.54) is 12.1 Å². The van der Waals surface area contributed by atoms with Crippen molar-refractivity contribution in [2.45, 2.75) is 50.9 Å². The lowest BCUT2D eigenvalue weighted by atomic mass is 9.92. The number of nitrogens with one attached hydrogen (secondary N) is 2. The van der Waals surface area contributed by atoms with Crippen LogP contribution < -0.4 is 22.1 Å². The van der Waals surface area contributed by atoms with Crippen LogP contribution in [0.3, 0.4) is 0 Å². The topological polar surface area (TPSA) is 120 Å². The molecule has 0 atom stereocenters. The Bertz CT molecular complexity index is 1260. The summed E-state index contributed by atoms with van der Waals surface area (Å²) in [4.78, 5) is 14.1. The molecule has 8 nitrogen and oxygen atoms in total. The number of anilines is 3. The summed E-state index contributed by atoms with van der Waals surface area (Å²) >= 11 is 0. The molecule has 0 spiro atoms. The minimum Gasteiger partial charge on any atom is -0.398 e. The Kier molecular flexibility index (Phi) is 6.27. The molecular formula is C25H29FN8. The number of nitrogens with zero attached hydrogens (tertiary/aromatic N) is 4. The Morgan fingerprint density at radius 3 is 2.62 bits per heavy atom. The van der Waals surface area contributed by atoms with Crippen LogP contribution in [0.4, 0.5) is 21.8 Å². The first kappa shape index (κ1) is 22.1. The molecule has 176 valence electrons. The zero-order valence-electron chi connectivity index (χ0n) is 18.9. The lowest BCUT2D eigenvalue weighted by Gasteiger charge is -2.26. The second-order valence-corrected chi connectivity index (χ2v) is 8.88. The highest BCUT2D eigenvalue weighted by Crippen LogP contribution is 2.26. The van der Waals surface area contributed by atoms with Gasteiger partial charge >= 0.3 is 0 Å². The summed E-state index contributed by atoms with van der Waals surface area (Å²) in [5.74, 6) is 0.789. The SMILES string of the molecule is Nc1ccc(F)cc1CNc1nc(NC2CCC(N)CC2)nc2c1ncn2Cc1ccccc1. The maximum Gasteiger partial charge on any atom is 0.227 e. The first-order chi connectivity index (χ1) is 16.5. The summed E-state index contributed by atoms with van der Waals surface area (Å²) < 4.78 is 15.8. The summed E-state index contributed by atoms with van der Waals surface area (Å²) in [6.45, 7) is 0.960. The molecule has 2 aromatic heterocycles. The van der Waals surface area contributed by atoms with Gasteiger partial charge in [0.15, 0.2) is 17.0 Å². The van der Waals surface area contributed by atoms with Crippen LogP contribution in [0.25, 0.3) is 11.2 Å². The van der Waals surface area contributed by atoms with Crippen LogP contribution in [0, 0.1) is 5.82 Å². The van der Waals surface area contributed by atoms with Gasteiger partial charge in [0.05, 0.1) is 12.9 Å². The summed E-state index contributed by atoms with van der Waals surface area (Å²) in [7, 11) is 0. The van der Waals surface area contributed by atoms with Crippen molar-refractivity contribution < 1.29 is 4.39 Å². The molecule has 2 heterocycles. The van der Waals surface area contributed by atoms with E-state index >= 15 is 0 Å². The Morgan fingerprint density at radius 2 is 1.82 bits per heavy atom. The van der Waals surface area contributed by atoms with E-state index in [4.69, 9.17) is 21.4 Å². The maximum absolute atomic E-state index is 13.7. The molecule has 0 amide bonds. The van der Waals surface area contributed by atoms with E-state index in [1.54, 1.807) is 12.4 Å². The first-order valence-electron chi connectivity index (χ1n) is 11.6. The Labute approximate surface area is 197 Å². The third-order valence-electron chi connectivity index (χ3n) is 6.32. The molecule has 0 saturated heterocycles. The quantitative estimate of drug-likeness (QED) is 0.309. The van der Waals surface area contributed by atoms with Crippen LogP contribution in [-0.2, 0) is 13.1 Å². The van der Waals surface area contributed by atoms with Gasteiger partial charge in [-0.25, -0.2) is 9.37 Å². The fourth-order valence-corrected chi connectivity index (χ4v) is 4.38. The molecule has 0 unspecified atom stereocenters. The minimum atomic E-state index is -0.330. The fraction of sp³-hybridized carbons (Fsp3) is 0.320. The third kappa shape index (κ3) is 4.94. The number of rotatable bonds is 7. The third-order valence-corrected chi connectivity index (χ3v) is 6.32. The number of fused-ring (bicyclic) bond motifs is 1. The average Bonchev–Trinajstić information content (AvgIpc) is 3.24. The molecule has 0 radical (unpaired) electrons. The largest absolute Gasteiger partial charge is 0.398 e. The van der Waals surface area contributed by atoms with Gasteiger partial charge in [-0.15, -0.1) is 0 Å². The summed E-state index contributed by atoms with van der Waals surface area (Å²) in [5.41, 5.74) is 15.8. The van der Waals surface area contributed by atoms with Gasteiger partial charge < -0.3 is 26.7 Å². The van der Waals surface area contributed by atoms with Crippen molar-refractivity contribution >= 4 is 28.6 Å². The fourth-order valence-electron chi connectivity index (χ4n) is 4.38. The molecule has 9 heteroatoms. The molecular weight excluding hydrogens is 431 g/mol. The molecule has 0 aliphatic heterocycles. The summed E-state index contributed by atoms with van der Waals surface area (Å²) in [5, 5.41) is 6.79. The van der Waals surface area contributed by atoms with E-state index in [0.717, 1.165) is 36.9 Å². The number of hydrogen-bond donors (Lipinski definition) is 4. The highest BCUT2D eigenvalue weighted by atomic mass is 19.1. The molecule has 6 N–H and O–H groups in total. The molecule has 4 aromatic rings. The van der Waals surface area contributed by atoms with Crippen molar-refractivity contribution in [1.82, 2.24) is 19.5 Å². The normalized spacial score (nSPS) is 18.2. The van der Waals surface area contributed by atoms with Crippen molar-refractivity contribution in [3.05, 3.63) is 71.8 Å². The highest BCUT2D eigenvalue weighted by Gasteiger charge is 2.21. The van der Waals surface area contributed by atoms with Gasteiger partial charge in [0.2, 0.25) is 5.95 Å². The van der Waals surface area contributed by atoms with E-state index in [2.05, 4.69) is 27.8 Å². The second kappa shape index (κ2) is 9.64. The molecule has 0 bridgehead atoms. The standard InChI is InChI=1S/C25H29FN8/c26-18-6-11-21(28)17(12-18)13-29-23-22-24(34(15-30-22)14-16-4-2-1-3-5-16)33-25(32-23)31-20-9-7-19(27)8-10-20/h1-6,11-12,15,19-20H,7-10,13-14,27-28H2,(H2,29,31,32,33). The lowest BCUT2D eigenvalue weighted by molar-refractivity contribution is 0.410. The number of imidazole rings is 1. The van der Waals surface area contributed by atoms with E-state index in [1.807, 2.05) is 22.8 Å². The van der Waals surface area contributed by atoms with E-state index in [0.29, 0.717) is 41.6 Å². The predicted octanol–water partition coefficient (Wildman–Crippen LogP) is 3.89. The number of halogens is 1. The van der Waals surface area contributed by atoms with Gasteiger partial charge in [0.25, 0.3) is 0 Å². The average molecular weight is 461 g/mol. The van der Waals surface area contributed by atoms with Crippen molar-refractivity contribution in [3.8, 4) is 0 Å². The van der Waals surface area contributed by atoms with Crippen LogP contribution in [0.5, 0.6) is 0 Å². The number of nitrogen functional groups attached to an aromatic ring is 1. The van der Waals surface area contributed by atoms with E-state index in [9.17, 15) is 4.39 Å². The minimum absolute atomic E-state index is 0.266. The second-order valence-electron chi connectivity index (χ2n) is 8.88. The summed E-state index contributed by atoms with van der Waals surface area (Å²) in [6, 6.07) is 15.1. The van der Waals surface area contributed by atoms with Gasteiger partial charge in [-0.05, 0) is 55.0 Å². The number of nitrogens with two attached hydrogens (primary N) is 2. The molecule has 34 heavy (non-hydrogen) atoms. The first-order valence-corrected chi connectivity index (χ1v) is 11.6. The molecule has 1 saturated carbocycles. The van der Waals surface area contributed by atoms with Gasteiger partial charge in [-0.1, -0.05) is 30.3 Å². The molecule has 2 aromatic carbocycles. The van der Waals surface area contributed by atoms with Crippen molar-refractivity contribution in [2.24, 2.45) is 5.73 Å². The van der Waals surface area contributed by atoms with Crippen LogP contribution in [-0.4, -0.2) is 31.6 Å². The molecule has 1 aliphatic rings. The summed E-state index contributed by atoms with van der Waals surface area (Å²) in [6.07, 6.45) is 5.70. The monoisotopic (exact) mass is 460 g/mol. The number of hydrogen-bond acceptors (Lipinski definition) is 7. The van der Waals surface area contributed by atoms with Gasteiger partial charge in [-0.3, -0.25) is 0 Å². The van der Waals surface area contributed by atoms with Crippen LogP contribution in [0.15, 0.2) is 54.9 Å². The van der Waals surface area contributed by atoms with Crippen LogP contribution in [0.2, 0.25) is 0 Å². The lowest BCUT2D eigenvalue weighted by Crippen LogP contribution is -2.33. The van der Waals surface area contributed by atoms with Gasteiger partial charge in [0, 0.05) is 24.3 Å². The van der Waals surface area contributed by atoms with E-state index in [-0.39, 0.29) is 17.9 Å². The zero-order chi connectivity index (χ0) is 23.5. The smallest absolute Gasteiger partial charge is 0.227 e. The van der Waals surface area contributed by atoms with Gasteiger partial charge in [0.1, 0.15) is 5.82 Å². The predicted molar refractivity (Wildman–Crippen MR) is 133 cm³/mol. The molecule has 1 fully saturated rings. The number of benzene rings is 2. The van der Waals surface area contributed by atoms with Crippen molar-refractivity contribution in [1.29, 1.82) is 0 Å². The van der Waals surface area contributed by atoms with Crippen LogP contribution >= 0.6 is 0 Å². The van der Waals surface area contributed by atoms with Crippen molar-refractivity contribution in [2.75, 3.05) is 16.4 Å². The zero-order valence-corrected chi connectivity index (χ0v) is 18.9. The molecule has 1 aliphatic carbocycles. The molecule has 5 rings (SSSR count). The Hall–Kier alpha value is -3.72. The van der Waals surface area contributed by atoms with E-state index < -0.39 is 0 Å².